The van der Waals surface area contributed by atoms with Crippen molar-refractivity contribution in [2.24, 2.45) is 5.41 Å². The van der Waals surface area contributed by atoms with Crippen LogP contribution in [0.15, 0.2) is 12.1 Å². The lowest BCUT2D eigenvalue weighted by molar-refractivity contribution is 0.370. The van der Waals surface area contributed by atoms with E-state index in [2.05, 4.69) is 65.5 Å². The van der Waals surface area contributed by atoms with Gasteiger partial charge in [-0.1, -0.05) is 47.1 Å². The van der Waals surface area contributed by atoms with Gasteiger partial charge in [0.05, 0.1) is 0 Å². The first-order chi connectivity index (χ1) is 9.78. The molecular weight excluding hydrogens is 256 g/mol. The number of aryl methyl sites for hydroxylation is 2. The Bertz CT molecular complexity index is 432. The summed E-state index contributed by atoms with van der Waals surface area (Å²) < 4.78 is 0. The summed E-state index contributed by atoms with van der Waals surface area (Å²) in [5.74, 6) is 1.19. The number of nitrogens with zero attached hydrogens (tertiary/aromatic N) is 2. The van der Waals surface area contributed by atoms with E-state index in [0.29, 0.717) is 11.5 Å². The van der Waals surface area contributed by atoms with E-state index in [1.807, 2.05) is 0 Å². The van der Waals surface area contributed by atoms with Crippen LogP contribution in [0.25, 0.3) is 0 Å². The van der Waals surface area contributed by atoms with Gasteiger partial charge in [-0.2, -0.15) is 0 Å². The Kier molecular flexibility index (Phi) is 6.70. The molecule has 1 unspecified atom stereocenters. The molecule has 0 aromatic carbocycles. The molecule has 0 spiro atoms. The second-order valence-electron chi connectivity index (χ2n) is 7.44. The van der Waals surface area contributed by atoms with E-state index in [0.717, 1.165) is 13.0 Å². The molecule has 2 heteroatoms. The minimum Gasteiger partial charge on any atom is -0.354 e. The third-order valence-electron chi connectivity index (χ3n) is 4.10. The Morgan fingerprint density at radius 1 is 1.19 bits per heavy atom. The third kappa shape index (κ3) is 5.68. The standard InChI is InChI=1S/C19H34N2/c1-8-10-16(4)21(14-13-19(5,6)7)18-15(3)11-12-17(9-2)20-18/h11-12,16H,8-10,13-14H2,1-7H3. The Balaban J connectivity index is 3.04. The molecule has 0 bridgehead atoms. The van der Waals surface area contributed by atoms with E-state index in [1.165, 1.54) is 36.3 Å². The van der Waals surface area contributed by atoms with Crippen LogP contribution in [0.5, 0.6) is 0 Å². The summed E-state index contributed by atoms with van der Waals surface area (Å²) in [4.78, 5) is 7.45. The highest BCUT2D eigenvalue weighted by molar-refractivity contribution is 5.48. The van der Waals surface area contributed by atoms with Crippen molar-refractivity contribution in [2.45, 2.75) is 80.2 Å². The summed E-state index contributed by atoms with van der Waals surface area (Å²) in [5.41, 5.74) is 2.85. The summed E-state index contributed by atoms with van der Waals surface area (Å²) in [6.07, 6.45) is 4.64. The second-order valence-corrected chi connectivity index (χ2v) is 7.44. The van der Waals surface area contributed by atoms with Gasteiger partial charge in [0.25, 0.3) is 0 Å². The van der Waals surface area contributed by atoms with Crippen molar-refractivity contribution in [1.29, 1.82) is 0 Å². The maximum absolute atomic E-state index is 4.92. The van der Waals surface area contributed by atoms with Gasteiger partial charge in [0.2, 0.25) is 0 Å². The monoisotopic (exact) mass is 290 g/mol. The Labute approximate surface area is 132 Å². The van der Waals surface area contributed by atoms with Crippen molar-refractivity contribution < 1.29 is 0 Å². The lowest BCUT2D eigenvalue weighted by Gasteiger charge is -2.34. The molecule has 0 aliphatic carbocycles. The van der Waals surface area contributed by atoms with Crippen LogP contribution < -0.4 is 4.90 Å². The first kappa shape index (κ1) is 18.0. The van der Waals surface area contributed by atoms with Crippen molar-refractivity contribution in [3.05, 3.63) is 23.4 Å². The highest BCUT2D eigenvalue weighted by Crippen LogP contribution is 2.26. The van der Waals surface area contributed by atoms with E-state index in [9.17, 15) is 0 Å². The van der Waals surface area contributed by atoms with Crippen molar-refractivity contribution in [2.75, 3.05) is 11.4 Å². The molecule has 0 saturated heterocycles. The van der Waals surface area contributed by atoms with Gasteiger partial charge in [0.15, 0.2) is 0 Å². The van der Waals surface area contributed by atoms with Crippen molar-refractivity contribution >= 4 is 5.82 Å². The van der Waals surface area contributed by atoms with Crippen LogP contribution in [0.2, 0.25) is 0 Å². The molecule has 21 heavy (non-hydrogen) atoms. The number of aromatic nitrogens is 1. The van der Waals surface area contributed by atoms with Gasteiger partial charge in [-0.3, -0.25) is 0 Å². The molecule has 0 amide bonds. The van der Waals surface area contributed by atoms with E-state index < -0.39 is 0 Å². The summed E-state index contributed by atoms with van der Waals surface area (Å²) >= 11 is 0. The average Bonchev–Trinajstić information content (AvgIpc) is 2.40. The molecule has 0 saturated carbocycles. The molecular formula is C19H34N2. The van der Waals surface area contributed by atoms with Gasteiger partial charge in [-0.05, 0) is 50.2 Å². The predicted molar refractivity (Wildman–Crippen MR) is 94.1 cm³/mol. The minimum absolute atomic E-state index is 0.362. The number of hydrogen-bond acceptors (Lipinski definition) is 2. The smallest absolute Gasteiger partial charge is 0.131 e. The largest absolute Gasteiger partial charge is 0.354 e. The average molecular weight is 290 g/mol. The van der Waals surface area contributed by atoms with E-state index in [4.69, 9.17) is 4.98 Å². The zero-order valence-electron chi connectivity index (χ0n) is 15.2. The highest BCUT2D eigenvalue weighted by Gasteiger charge is 2.20. The van der Waals surface area contributed by atoms with Gasteiger partial charge < -0.3 is 4.90 Å². The maximum atomic E-state index is 4.92. The van der Waals surface area contributed by atoms with Crippen LogP contribution >= 0.6 is 0 Å². The third-order valence-corrected chi connectivity index (χ3v) is 4.10. The number of pyridine rings is 1. The molecule has 0 radical (unpaired) electrons. The molecule has 1 aromatic heterocycles. The summed E-state index contributed by atoms with van der Waals surface area (Å²) in [5, 5.41) is 0. The molecule has 0 fully saturated rings. The summed E-state index contributed by atoms with van der Waals surface area (Å²) in [7, 11) is 0. The van der Waals surface area contributed by atoms with E-state index in [-0.39, 0.29) is 0 Å². The van der Waals surface area contributed by atoms with Gasteiger partial charge in [0.1, 0.15) is 5.82 Å². The summed E-state index contributed by atoms with van der Waals surface area (Å²) in [6.45, 7) is 17.0. The van der Waals surface area contributed by atoms with Crippen LogP contribution in [0, 0.1) is 12.3 Å². The Hall–Kier alpha value is -1.05. The van der Waals surface area contributed by atoms with Gasteiger partial charge >= 0.3 is 0 Å². The molecule has 1 atom stereocenters. The van der Waals surface area contributed by atoms with Gasteiger partial charge in [0, 0.05) is 18.3 Å². The topological polar surface area (TPSA) is 16.1 Å². The number of rotatable bonds is 7. The Morgan fingerprint density at radius 3 is 2.38 bits per heavy atom. The van der Waals surface area contributed by atoms with E-state index >= 15 is 0 Å². The molecule has 1 heterocycles. The van der Waals surface area contributed by atoms with Crippen LogP contribution in [0.3, 0.4) is 0 Å². The predicted octanol–water partition coefficient (Wildman–Crippen LogP) is 5.38. The van der Waals surface area contributed by atoms with Gasteiger partial charge in [-0.25, -0.2) is 4.98 Å². The van der Waals surface area contributed by atoms with Crippen LogP contribution in [-0.2, 0) is 6.42 Å². The number of hydrogen-bond donors (Lipinski definition) is 0. The Morgan fingerprint density at radius 2 is 1.86 bits per heavy atom. The first-order valence-electron chi connectivity index (χ1n) is 8.51. The first-order valence-corrected chi connectivity index (χ1v) is 8.51. The van der Waals surface area contributed by atoms with Crippen LogP contribution in [-0.4, -0.2) is 17.6 Å². The molecule has 0 aliphatic rings. The van der Waals surface area contributed by atoms with Crippen LogP contribution in [0.1, 0.15) is 72.1 Å². The molecule has 0 N–H and O–H groups in total. The zero-order valence-corrected chi connectivity index (χ0v) is 15.2. The lowest BCUT2D eigenvalue weighted by atomic mass is 9.91. The number of anilines is 1. The molecule has 0 aliphatic heterocycles. The molecule has 1 aromatic rings. The SMILES string of the molecule is CCCC(C)N(CCC(C)(C)C)c1nc(CC)ccc1C. The highest BCUT2D eigenvalue weighted by atomic mass is 15.2. The fourth-order valence-electron chi connectivity index (χ4n) is 2.61. The van der Waals surface area contributed by atoms with Crippen molar-refractivity contribution in [3.63, 3.8) is 0 Å². The quantitative estimate of drug-likeness (QED) is 0.670. The van der Waals surface area contributed by atoms with Crippen LogP contribution in [0.4, 0.5) is 5.82 Å². The van der Waals surface area contributed by atoms with Crippen molar-refractivity contribution in [1.82, 2.24) is 4.98 Å². The van der Waals surface area contributed by atoms with Gasteiger partial charge in [-0.15, -0.1) is 0 Å². The molecule has 1 rings (SSSR count). The summed E-state index contributed by atoms with van der Waals surface area (Å²) in [6, 6.07) is 4.94. The zero-order chi connectivity index (χ0) is 16.0. The van der Waals surface area contributed by atoms with E-state index in [1.54, 1.807) is 0 Å². The second kappa shape index (κ2) is 7.82. The lowest BCUT2D eigenvalue weighted by Crippen LogP contribution is -2.36. The fraction of sp³-hybridized carbons (Fsp3) is 0.737. The fourth-order valence-corrected chi connectivity index (χ4v) is 2.61. The normalized spacial score (nSPS) is 13.3. The molecule has 120 valence electrons. The minimum atomic E-state index is 0.362. The molecule has 2 nitrogen and oxygen atoms in total. The van der Waals surface area contributed by atoms with Crippen molar-refractivity contribution in [3.8, 4) is 0 Å². The maximum Gasteiger partial charge on any atom is 0.131 e.